The Morgan fingerprint density at radius 2 is 0.494 bits per heavy atom. The SMILES string of the molecule is NC(=O)c1c(F)c(F)c(N=P(CP(c2ccccc2)c2ccccc2)(c2ccccc2)c2ccccc2)c(F)c1F.NC(=O)c1c(F)c(F)c(N=P(CP(c2ccccc2)c2ccccc2)(c2ccccc2)c2ccccc2)c(F)c1F.[Cl-].[Cl-].[Pd+2]. The van der Waals surface area contributed by atoms with Crippen molar-refractivity contribution in [1.82, 2.24) is 0 Å². The molecular formula is C64H48Cl2F8N4O2P4Pd. The van der Waals surface area contributed by atoms with Gasteiger partial charge in [0.1, 0.15) is 22.5 Å². The number of halogens is 10. The Morgan fingerprint density at radius 1 is 0.318 bits per heavy atom. The molecule has 0 radical (unpaired) electrons. The molecule has 0 aliphatic carbocycles. The molecule has 21 heteroatoms. The molecule has 0 spiro atoms. The zero-order valence-electron chi connectivity index (χ0n) is 44.3. The molecule has 4 N–H and O–H groups in total. The van der Waals surface area contributed by atoms with Crippen LogP contribution in [0.3, 0.4) is 0 Å². The molecule has 0 unspecified atom stereocenters. The fraction of sp³-hybridized carbons (Fsp3) is 0.0312. The van der Waals surface area contributed by atoms with Crippen LogP contribution >= 0.6 is 30.0 Å². The van der Waals surface area contributed by atoms with E-state index in [-0.39, 0.29) is 45.2 Å². The smallest absolute Gasteiger partial charge is 1.00 e. The summed E-state index contributed by atoms with van der Waals surface area (Å²) in [6.07, 6.45) is 0. The molecule has 0 atom stereocenters. The molecule has 10 aromatic rings. The van der Waals surface area contributed by atoms with Gasteiger partial charge in [-0.2, -0.15) is 0 Å². The predicted octanol–water partition coefficient (Wildman–Crippen LogP) is 7.84. The van der Waals surface area contributed by atoms with Gasteiger partial charge in [-0.25, -0.2) is 35.1 Å². The number of carbonyl (C=O) groups is 2. The van der Waals surface area contributed by atoms with Gasteiger partial charge in [-0.15, -0.1) is 0 Å². The first kappa shape index (κ1) is 67.3. The van der Waals surface area contributed by atoms with Crippen LogP contribution in [0.2, 0.25) is 0 Å². The average molecular weight is 1360 g/mol. The zero-order chi connectivity index (χ0) is 58.0. The minimum Gasteiger partial charge on any atom is -1.00 e. The third-order valence-electron chi connectivity index (χ3n) is 13.2. The van der Waals surface area contributed by atoms with E-state index in [0.29, 0.717) is 33.0 Å². The number of hydrogen-bond donors (Lipinski definition) is 2. The molecular weight excluding hydrogens is 1310 g/mol. The van der Waals surface area contributed by atoms with Crippen LogP contribution in [0.25, 0.3) is 0 Å². The largest absolute Gasteiger partial charge is 2.00 e. The number of primary amides is 2. The number of nitrogens with zero attached hydrogens (tertiary/aromatic N) is 2. The summed E-state index contributed by atoms with van der Waals surface area (Å²) in [6, 6.07) is 75.0. The standard InChI is InChI=1S/2C32H24F4N2OP2.2ClH.Pd/c2*33-27-26(32(37)39)28(34)30(36)31(29(27)35)38-41(24-17-9-3-10-18-24,25-19-11-4-12-20-25)21-40(22-13-5-1-6-14-22)23-15-7-2-8-16-23;;;/h2*1-20H,21H2,(H2,37,39);2*1H;/q;;;;+2/p-2. The van der Waals surface area contributed by atoms with Crippen LogP contribution < -0.4 is 78.7 Å². The van der Waals surface area contributed by atoms with Crippen LogP contribution in [-0.4, -0.2) is 23.6 Å². The van der Waals surface area contributed by atoms with Crippen molar-refractivity contribution in [3.63, 3.8) is 0 Å². The van der Waals surface area contributed by atoms with E-state index >= 15 is 35.1 Å². The first-order valence-electron chi connectivity index (χ1n) is 25.2. The van der Waals surface area contributed by atoms with Crippen molar-refractivity contribution < 1.29 is 89.9 Å². The van der Waals surface area contributed by atoms with Crippen LogP contribution in [0.15, 0.2) is 252 Å². The number of nitrogens with two attached hydrogens (primary N) is 2. The molecule has 2 amide bonds. The van der Waals surface area contributed by atoms with Gasteiger partial charge in [-0.05, 0) is 58.3 Å². The molecule has 0 saturated carbocycles. The summed E-state index contributed by atoms with van der Waals surface area (Å²) in [5.41, 5.74) is 4.90. The Morgan fingerprint density at radius 3 is 0.671 bits per heavy atom. The molecule has 436 valence electrons. The fourth-order valence-electron chi connectivity index (χ4n) is 9.27. The van der Waals surface area contributed by atoms with Gasteiger partial charge >= 0.3 is 20.4 Å². The van der Waals surface area contributed by atoms with Crippen molar-refractivity contribution in [3.8, 4) is 0 Å². The normalized spacial score (nSPS) is 11.0. The van der Waals surface area contributed by atoms with Crippen LogP contribution in [-0.2, 0) is 20.4 Å². The summed E-state index contributed by atoms with van der Waals surface area (Å²) in [7, 11) is -8.80. The number of hydrogen-bond acceptors (Lipinski definition) is 4. The van der Waals surface area contributed by atoms with E-state index in [2.05, 4.69) is 9.49 Å². The molecule has 0 aromatic heterocycles. The van der Waals surface area contributed by atoms with Gasteiger partial charge in [0.05, 0.1) is 0 Å². The van der Waals surface area contributed by atoms with Crippen molar-refractivity contribution in [2.45, 2.75) is 0 Å². The third-order valence-corrected chi connectivity index (χ3v) is 28.1. The Labute approximate surface area is 515 Å². The van der Waals surface area contributed by atoms with E-state index in [1.807, 2.05) is 194 Å². The molecule has 85 heavy (non-hydrogen) atoms. The van der Waals surface area contributed by atoms with Crippen molar-refractivity contribution in [1.29, 1.82) is 0 Å². The maximum atomic E-state index is 15.5. The first-order valence-corrected chi connectivity index (χ1v) is 32.1. The van der Waals surface area contributed by atoms with Crippen molar-refractivity contribution in [2.24, 2.45) is 21.0 Å². The Hall–Kier alpha value is -6.86. The van der Waals surface area contributed by atoms with Crippen LogP contribution in [0.1, 0.15) is 20.7 Å². The Bertz CT molecular complexity index is 3530. The molecule has 10 rings (SSSR count). The van der Waals surface area contributed by atoms with Crippen LogP contribution in [0, 0.1) is 46.5 Å². The monoisotopic (exact) mass is 1360 g/mol. The Balaban J connectivity index is 0.000000263. The molecule has 0 aliphatic rings. The number of amides is 2. The van der Waals surface area contributed by atoms with E-state index in [4.69, 9.17) is 11.5 Å². The zero-order valence-corrected chi connectivity index (χ0v) is 50.9. The van der Waals surface area contributed by atoms with Gasteiger partial charge in [0.2, 0.25) is 0 Å². The summed E-state index contributed by atoms with van der Waals surface area (Å²) in [5.74, 6) is -17.2. The maximum absolute atomic E-state index is 15.5. The summed E-state index contributed by atoms with van der Waals surface area (Å²) < 4.78 is 132. The number of carbonyl (C=O) groups excluding carboxylic acids is 2. The molecule has 0 fully saturated rings. The molecule has 10 aromatic carbocycles. The van der Waals surface area contributed by atoms with Gasteiger partial charge in [-0.3, -0.25) is 19.1 Å². The van der Waals surface area contributed by atoms with Gasteiger partial charge in [-0.1, -0.05) is 243 Å². The third kappa shape index (κ3) is 14.5. The second-order valence-electron chi connectivity index (χ2n) is 18.2. The van der Waals surface area contributed by atoms with E-state index in [9.17, 15) is 9.59 Å². The summed E-state index contributed by atoms with van der Waals surface area (Å²) in [6.45, 7) is 0. The maximum Gasteiger partial charge on any atom is 2.00 e. The van der Waals surface area contributed by atoms with Crippen LogP contribution in [0.5, 0.6) is 0 Å². The summed E-state index contributed by atoms with van der Waals surface area (Å²) >= 11 is 0. The van der Waals surface area contributed by atoms with Crippen molar-refractivity contribution in [2.75, 3.05) is 11.8 Å². The van der Waals surface area contributed by atoms with E-state index in [1.54, 1.807) is 48.5 Å². The number of rotatable bonds is 16. The van der Waals surface area contributed by atoms with E-state index < -0.39 is 111 Å². The van der Waals surface area contributed by atoms with Crippen molar-refractivity contribution >= 4 is 95.6 Å². The average Bonchev–Trinajstić information content (AvgIpc) is 2.68. The minimum atomic E-state index is -3.22. The quantitative estimate of drug-likeness (QED) is 0.0445. The molecule has 0 aliphatic heterocycles. The van der Waals surface area contributed by atoms with E-state index in [0.717, 1.165) is 21.2 Å². The molecule has 0 saturated heterocycles. The first-order chi connectivity index (χ1) is 39.7. The minimum absolute atomic E-state index is 0. The van der Waals surface area contributed by atoms with Crippen LogP contribution in [0.4, 0.5) is 46.5 Å². The second-order valence-corrected chi connectivity index (χ2v) is 29.8. The summed E-state index contributed by atoms with van der Waals surface area (Å²) in [5, 5.41) is 6.69. The molecule has 0 bridgehead atoms. The predicted molar refractivity (Wildman–Crippen MR) is 320 cm³/mol. The number of benzene rings is 10. The second kappa shape index (κ2) is 30.5. The molecule has 6 nitrogen and oxygen atoms in total. The van der Waals surface area contributed by atoms with Gasteiger partial charge in [0.15, 0.2) is 46.5 Å². The Kier molecular flexibility index (Phi) is 24.1. The fourth-order valence-corrected chi connectivity index (χ4v) is 25.8. The van der Waals surface area contributed by atoms with Gasteiger partial charge < -0.3 is 36.3 Å². The van der Waals surface area contributed by atoms with Gasteiger partial charge in [0.25, 0.3) is 11.8 Å². The van der Waals surface area contributed by atoms with Gasteiger partial charge in [0, 0.05) is 25.9 Å². The topological polar surface area (TPSA) is 111 Å². The summed E-state index contributed by atoms with van der Waals surface area (Å²) in [4.78, 5) is 23.3. The molecule has 0 heterocycles. The van der Waals surface area contributed by atoms with Crippen molar-refractivity contribution in [3.05, 3.63) is 300 Å². The van der Waals surface area contributed by atoms with E-state index in [1.165, 1.54) is 0 Å².